The number of aliphatic hydroxyl groups is 1. The molecule has 1 aliphatic rings. The van der Waals surface area contributed by atoms with Crippen LogP contribution in [-0.4, -0.2) is 34.3 Å². The van der Waals surface area contributed by atoms with Crippen molar-refractivity contribution in [1.29, 1.82) is 0 Å². The van der Waals surface area contributed by atoms with E-state index in [-0.39, 0.29) is 18.7 Å². The van der Waals surface area contributed by atoms with Gasteiger partial charge in [-0.05, 0) is 36.5 Å². The molecule has 1 aliphatic heterocycles. The number of hydrogen-bond acceptors (Lipinski definition) is 5. The van der Waals surface area contributed by atoms with Crippen molar-refractivity contribution in [3.8, 4) is 0 Å². The fourth-order valence-electron chi connectivity index (χ4n) is 3.25. The van der Waals surface area contributed by atoms with Crippen molar-refractivity contribution in [3.05, 3.63) is 47.7 Å². The highest BCUT2D eigenvalue weighted by Crippen LogP contribution is 2.32. The first-order chi connectivity index (χ1) is 11.6. The number of aliphatic hydroxyl groups excluding tert-OH is 1. The second-order valence-corrected chi connectivity index (χ2v) is 6.73. The summed E-state index contributed by atoms with van der Waals surface area (Å²) in [5, 5.41) is 12.7. The molecule has 0 amide bonds. The Morgan fingerprint density at radius 1 is 1.29 bits per heavy atom. The lowest BCUT2D eigenvalue weighted by Crippen LogP contribution is -2.35. The van der Waals surface area contributed by atoms with Crippen LogP contribution in [0.4, 0.5) is 11.8 Å². The third-order valence-corrected chi connectivity index (χ3v) is 4.85. The minimum atomic E-state index is -0.0419. The monoisotopic (exact) mass is 326 g/mol. The van der Waals surface area contributed by atoms with Crippen molar-refractivity contribution in [1.82, 2.24) is 9.97 Å². The number of aromatic nitrogens is 2. The third kappa shape index (κ3) is 3.36. The minimum Gasteiger partial charge on any atom is -0.394 e. The molecule has 24 heavy (non-hydrogen) atoms. The SMILES string of the molecule is CC(C)[C@H](CO)Nc1nccc(N2CCc3ccccc3[C@H]2C)n1. The number of rotatable bonds is 5. The summed E-state index contributed by atoms with van der Waals surface area (Å²) in [4.78, 5) is 11.3. The molecular formula is C19H26N4O. The van der Waals surface area contributed by atoms with E-state index in [9.17, 15) is 5.11 Å². The zero-order valence-corrected chi connectivity index (χ0v) is 14.6. The number of benzene rings is 1. The van der Waals surface area contributed by atoms with Crippen LogP contribution in [0.3, 0.4) is 0 Å². The van der Waals surface area contributed by atoms with Gasteiger partial charge in [0.15, 0.2) is 0 Å². The molecule has 3 rings (SSSR count). The molecule has 2 aromatic rings. The van der Waals surface area contributed by atoms with E-state index in [1.54, 1.807) is 6.20 Å². The van der Waals surface area contributed by atoms with Crippen molar-refractivity contribution >= 4 is 11.8 Å². The molecule has 0 fully saturated rings. The lowest BCUT2D eigenvalue weighted by molar-refractivity contribution is 0.248. The van der Waals surface area contributed by atoms with Gasteiger partial charge in [0.05, 0.1) is 18.7 Å². The van der Waals surface area contributed by atoms with Gasteiger partial charge in [-0.1, -0.05) is 38.1 Å². The molecule has 0 radical (unpaired) electrons. The first kappa shape index (κ1) is 16.7. The Morgan fingerprint density at radius 2 is 2.08 bits per heavy atom. The Labute approximate surface area is 143 Å². The summed E-state index contributed by atoms with van der Waals surface area (Å²) in [6, 6.07) is 10.8. The fraction of sp³-hybridized carbons (Fsp3) is 0.474. The van der Waals surface area contributed by atoms with Gasteiger partial charge in [0.25, 0.3) is 0 Å². The molecule has 0 saturated heterocycles. The summed E-state index contributed by atoms with van der Waals surface area (Å²) in [6.07, 6.45) is 2.81. The van der Waals surface area contributed by atoms with Crippen molar-refractivity contribution in [2.75, 3.05) is 23.4 Å². The van der Waals surface area contributed by atoms with Gasteiger partial charge in [-0.3, -0.25) is 0 Å². The summed E-state index contributed by atoms with van der Waals surface area (Å²) in [7, 11) is 0. The van der Waals surface area contributed by atoms with Crippen LogP contribution in [0.2, 0.25) is 0 Å². The second-order valence-electron chi connectivity index (χ2n) is 6.73. The molecule has 0 spiro atoms. The molecule has 1 aromatic heterocycles. The van der Waals surface area contributed by atoms with Crippen LogP contribution in [0.1, 0.15) is 37.9 Å². The van der Waals surface area contributed by atoms with Gasteiger partial charge in [-0.2, -0.15) is 4.98 Å². The maximum Gasteiger partial charge on any atom is 0.224 e. The number of nitrogens with zero attached hydrogens (tertiary/aromatic N) is 3. The maximum absolute atomic E-state index is 9.50. The highest BCUT2D eigenvalue weighted by molar-refractivity contribution is 5.49. The topological polar surface area (TPSA) is 61.3 Å². The molecule has 2 atom stereocenters. The van der Waals surface area contributed by atoms with E-state index in [4.69, 9.17) is 0 Å². The number of nitrogens with one attached hydrogen (secondary N) is 1. The van der Waals surface area contributed by atoms with E-state index in [1.807, 2.05) is 6.07 Å². The quantitative estimate of drug-likeness (QED) is 0.884. The highest BCUT2D eigenvalue weighted by Gasteiger charge is 2.25. The van der Waals surface area contributed by atoms with Crippen molar-refractivity contribution in [3.63, 3.8) is 0 Å². The van der Waals surface area contributed by atoms with E-state index >= 15 is 0 Å². The Balaban J connectivity index is 1.82. The van der Waals surface area contributed by atoms with Crippen LogP contribution in [0.5, 0.6) is 0 Å². The van der Waals surface area contributed by atoms with Crippen molar-refractivity contribution in [2.24, 2.45) is 5.92 Å². The van der Waals surface area contributed by atoms with Crippen molar-refractivity contribution < 1.29 is 5.11 Å². The Bertz CT molecular complexity index is 689. The average molecular weight is 326 g/mol. The number of fused-ring (bicyclic) bond motifs is 1. The van der Waals surface area contributed by atoms with Gasteiger partial charge >= 0.3 is 0 Å². The summed E-state index contributed by atoms with van der Waals surface area (Å²) >= 11 is 0. The van der Waals surface area contributed by atoms with E-state index < -0.39 is 0 Å². The van der Waals surface area contributed by atoms with Gasteiger partial charge in [-0.25, -0.2) is 4.98 Å². The minimum absolute atomic E-state index is 0.0419. The molecule has 1 aromatic carbocycles. The van der Waals surface area contributed by atoms with Crippen LogP contribution in [0, 0.1) is 5.92 Å². The zero-order chi connectivity index (χ0) is 17.1. The number of hydrogen-bond donors (Lipinski definition) is 2. The molecule has 0 aliphatic carbocycles. The largest absolute Gasteiger partial charge is 0.394 e. The summed E-state index contributed by atoms with van der Waals surface area (Å²) in [5.74, 6) is 1.81. The molecule has 0 unspecified atom stereocenters. The summed E-state index contributed by atoms with van der Waals surface area (Å²) in [6.45, 7) is 7.38. The normalized spacial score (nSPS) is 18.4. The molecular weight excluding hydrogens is 300 g/mol. The molecule has 0 saturated carbocycles. The van der Waals surface area contributed by atoms with Crippen molar-refractivity contribution in [2.45, 2.75) is 39.3 Å². The zero-order valence-electron chi connectivity index (χ0n) is 14.6. The average Bonchev–Trinajstić information content (AvgIpc) is 2.60. The van der Waals surface area contributed by atoms with E-state index in [1.165, 1.54) is 11.1 Å². The summed E-state index contributed by atoms with van der Waals surface area (Å²) < 4.78 is 0. The van der Waals surface area contributed by atoms with Crippen LogP contribution < -0.4 is 10.2 Å². The smallest absolute Gasteiger partial charge is 0.224 e. The first-order valence-corrected chi connectivity index (χ1v) is 8.65. The Hall–Kier alpha value is -2.14. The Morgan fingerprint density at radius 3 is 2.83 bits per heavy atom. The molecule has 2 N–H and O–H groups in total. The lowest BCUT2D eigenvalue weighted by atomic mass is 9.94. The van der Waals surface area contributed by atoms with Gasteiger partial charge in [0, 0.05) is 12.7 Å². The van der Waals surface area contributed by atoms with E-state index in [0.717, 1.165) is 18.8 Å². The van der Waals surface area contributed by atoms with Crippen LogP contribution in [-0.2, 0) is 6.42 Å². The Kier molecular flexibility index (Phi) is 5.00. The van der Waals surface area contributed by atoms with Gasteiger partial charge in [0.1, 0.15) is 5.82 Å². The number of anilines is 2. The van der Waals surface area contributed by atoms with Crippen LogP contribution >= 0.6 is 0 Å². The van der Waals surface area contributed by atoms with E-state index in [2.05, 4.69) is 65.2 Å². The molecule has 2 heterocycles. The first-order valence-electron chi connectivity index (χ1n) is 8.65. The summed E-state index contributed by atoms with van der Waals surface area (Å²) in [5.41, 5.74) is 2.79. The van der Waals surface area contributed by atoms with Gasteiger partial charge in [-0.15, -0.1) is 0 Å². The van der Waals surface area contributed by atoms with Gasteiger partial charge < -0.3 is 15.3 Å². The maximum atomic E-state index is 9.50. The predicted octanol–water partition coefficient (Wildman–Crippen LogP) is 3.03. The molecule has 5 heteroatoms. The fourth-order valence-corrected chi connectivity index (χ4v) is 3.25. The van der Waals surface area contributed by atoms with Crippen LogP contribution in [0.25, 0.3) is 0 Å². The molecule has 128 valence electrons. The molecule has 5 nitrogen and oxygen atoms in total. The van der Waals surface area contributed by atoms with Gasteiger partial charge in [0.2, 0.25) is 5.95 Å². The molecule has 0 bridgehead atoms. The second kappa shape index (κ2) is 7.18. The van der Waals surface area contributed by atoms with E-state index in [0.29, 0.717) is 11.9 Å². The predicted molar refractivity (Wildman–Crippen MR) is 97.3 cm³/mol. The lowest BCUT2D eigenvalue weighted by Gasteiger charge is -2.36. The third-order valence-electron chi connectivity index (χ3n) is 4.85. The highest BCUT2D eigenvalue weighted by atomic mass is 16.3. The standard InChI is InChI=1S/C19H26N4O/c1-13(2)17(12-24)21-19-20-10-8-18(22-19)23-11-9-15-6-4-5-7-16(15)14(23)3/h4-8,10,13-14,17,24H,9,11-12H2,1-3H3,(H,20,21,22)/t14-,17+/m1/s1. The van der Waals surface area contributed by atoms with Crippen LogP contribution in [0.15, 0.2) is 36.5 Å².